The van der Waals surface area contributed by atoms with E-state index < -0.39 is 11.8 Å². The standard InChI is InChI=1S/C23H27N3O7/c1-12(2)33-16-8-7-13(9-18(16)30-4)22(27)25-26-23(28)15-10-14-17(29-3)11-19(31-5)21(32-6)20(14)24-15/h7-12,24H,1-6H3,(H,25,27)(H,26,28). The topological polar surface area (TPSA) is 120 Å². The van der Waals surface area contributed by atoms with Crippen LogP contribution in [0, 0.1) is 0 Å². The smallest absolute Gasteiger partial charge is 0.286 e. The molecule has 2 aromatic carbocycles. The van der Waals surface area contributed by atoms with Gasteiger partial charge in [0.15, 0.2) is 23.0 Å². The number of H-pyrrole nitrogens is 1. The van der Waals surface area contributed by atoms with Gasteiger partial charge in [0, 0.05) is 17.0 Å². The summed E-state index contributed by atoms with van der Waals surface area (Å²) in [6.45, 7) is 3.78. The first-order chi connectivity index (χ1) is 15.8. The molecule has 0 atom stereocenters. The zero-order chi connectivity index (χ0) is 24.1. The second kappa shape index (κ2) is 10.0. The minimum absolute atomic E-state index is 0.0496. The van der Waals surface area contributed by atoms with Gasteiger partial charge in [-0.1, -0.05) is 0 Å². The number of ether oxygens (including phenoxy) is 5. The normalized spacial score (nSPS) is 10.6. The Balaban J connectivity index is 1.79. The van der Waals surface area contributed by atoms with Crippen molar-refractivity contribution in [1.82, 2.24) is 15.8 Å². The fourth-order valence-electron chi connectivity index (χ4n) is 3.27. The third-order valence-electron chi connectivity index (χ3n) is 4.76. The Morgan fingerprint density at radius 2 is 1.45 bits per heavy atom. The van der Waals surface area contributed by atoms with E-state index in [9.17, 15) is 9.59 Å². The summed E-state index contributed by atoms with van der Waals surface area (Å²) in [7, 11) is 6.00. The van der Waals surface area contributed by atoms with E-state index in [0.29, 0.717) is 39.7 Å². The van der Waals surface area contributed by atoms with Crippen LogP contribution in [0.1, 0.15) is 34.7 Å². The second-order valence-corrected chi connectivity index (χ2v) is 7.23. The van der Waals surface area contributed by atoms with Gasteiger partial charge in [0.25, 0.3) is 11.8 Å². The molecule has 33 heavy (non-hydrogen) atoms. The Kier molecular flexibility index (Phi) is 7.17. The molecule has 3 N–H and O–H groups in total. The molecule has 3 rings (SSSR count). The number of aromatic amines is 1. The number of nitrogens with one attached hydrogen (secondary N) is 3. The van der Waals surface area contributed by atoms with E-state index in [4.69, 9.17) is 23.7 Å². The molecule has 0 unspecified atom stereocenters. The molecular weight excluding hydrogens is 430 g/mol. The van der Waals surface area contributed by atoms with Crippen LogP contribution in [-0.2, 0) is 0 Å². The van der Waals surface area contributed by atoms with E-state index >= 15 is 0 Å². The highest BCUT2D eigenvalue weighted by atomic mass is 16.5. The molecule has 0 aliphatic rings. The van der Waals surface area contributed by atoms with Gasteiger partial charge in [-0.3, -0.25) is 20.4 Å². The lowest BCUT2D eigenvalue weighted by Crippen LogP contribution is -2.41. The molecule has 1 aromatic heterocycles. The average Bonchev–Trinajstić information content (AvgIpc) is 3.26. The summed E-state index contributed by atoms with van der Waals surface area (Å²) in [6.07, 6.45) is -0.0496. The van der Waals surface area contributed by atoms with Crippen LogP contribution in [0.3, 0.4) is 0 Å². The van der Waals surface area contributed by atoms with Gasteiger partial charge in [-0.25, -0.2) is 0 Å². The van der Waals surface area contributed by atoms with Gasteiger partial charge < -0.3 is 28.7 Å². The van der Waals surface area contributed by atoms with Gasteiger partial charge in [-0.2, -0.15) is 0 Å². The molecule has 0 bridgehead atoms. The molecular formula is C23H27N3O7. The van der Waals surface area contributed by atoms with Crippen LogP contribution in [0.2, 0.25) is 0 Å². The van der Waals surface area contributed by atoms with E-state index in [1.165, 1.54) is 34.5 Å². The van der Waals surface area contributed by atoms with E-state index in [-0.39, 0.29) is 17.4 Å². The lowest BCUT2D eigenvalue weighted by Gasteiger charge is -2.14. The predicted molar refractivity (Wildman–Crippen MR) is 122 cm³/mol. The third-order valence-corrected chi connectivity index (χ3v) is 4.76. The molecule has 176 valence electrons. The summed E-state index contributed by atoms with van der Waals surface area (Å²) in [5, 5.41) is 0.622. The molecule has 10 heteroatoms. The summed E-state index contributed by atoms with van der Waals surface area (Å²) in [6, 6.07) is 8.01. The van der Waals surface area contributed by atoms with Crippen LogP contribution in [0.4, 0.5) is 0 Å². The Hall–Kier alpha value is -4.08. The number of fused-ring (bicyclic) bond motifs is 1. The van der Waals surface area contributed by atoms with E-state index in [0.717, 1.165) is 0 Å². The lowest BCUT2D eigenvalue weighted by molar-refractivity contribution is 0.0844. The summed E-state index contributed by atoms with van der Waals surface area (Å²) in [5.41, 5.74) is 5.78. The van der Waals surface area contributed by atoms with Crippen molar-refractivity contribution in [3.05, 3.63) is 41.6 Å². The number of amides is 2. The van der Waals surface area contributed by atoms with Gasteiger partial charge in [-0.05, 0) is 38.1 Å². The van der Waals surface area contributed by atoms with Crippen LogP contribution in [0.15, 0.2) is 30.3 Å². The molecule has 0 aliphatic heterocycles. The SMILES string of the molecule is COc1cc(C(=O)NNC(=O)c2cc3c(OC)cc(OC)c(OC)c3[nH]2)ccc1OC(C)C. The third kappa shape index (κ3) is 4.89. The zero-order valence-corrected chi connectivity index (χ0v) is 19.3. The van der Waals surface area contributed by atoms with E-state index in [2.05, 4.69) is 15.8 Å². The number of hydrogen-bond donors (Lipinski definition) is 3. The Bertz CT molecular complexity index is 1170. The Labute approximate surface area is 191 Å². The number of hydrazine groups is 1. The number of aromatic nitrogens is 1. The van der Waals surface area contributed by atoms with Crippen molar-refractivity contribution in [2.24, 2.45) is 0 Å². The lowest BCUT2D eigenvalue weighted by atomic mass is 10.2. The molecule has 0 radical (unpaired) electrons. The number of benzene rings is 2. The first-order valence-electron chi connectivity index (χ1n) is 10.1. The van der Waals surface area contributed by atoms with Crippen LogP contribution < -0.4 is 34.5 Å². The van der Waals surface area contributed by atoms with Crippen LogP contribution in [0.25, 0.3) is 10.9 Å². The summed E-state index contributed by atoms with van der Waals surface area (Å²) < 4.78 is 27.1. The molecule has 1 heterocycles. The first kappa shape index (κ1) is 23.6. The average molecular weight is 457 g/mol. The second-order valence-electron chi connectivity index (χ2n) is 7.23. The molecule has 2 amide bonds. The fraction of sp³-hybridized carbons (Fsp3) is 0.304. The van der Waals surface area contributed by atoms with E-state index in [1.807, 2.05) is 13.8 Å². The summed E-state index contributed by atoms with van der Waals surface area (Å²) >= 11 is 0. The van der Waals surface area contributed by atoms with Crippen LogP contribution in [0.5, 0.6) is 28.7 Å². The largest absolute Gasteiger partial charge is 0.496 e. The molecule has 3 aromatic rings. The fourth-order valence-corrected chi connectivity index (χ4v) is 3.27. The Morgan fingerprint density at radius 1 is 0.788 bits per heavy atom. The van der Waals surface area contributed by atoms with Crippen molar-refractivity contribution in [3.63, 3.8) is 0 Å². The number of carbonyl (C=O) groups excluding carboxylic acids is 2. The molecule has 0 fully saturated rings. The maximum atomic E-state index is 12.7. The van der Waals surface area contributed by atoms with Crippen molar-refractivity contribution in [2.75, 3.05) is 28.4 Å². The molecule has 0 spiro atoms. The highest BCUT2D eigenvalue weighted by Gasteiger charge is 2.20. The van der Waals surface area contributed by atoms with Gasteiger partial charge in [0.1, 0.15) is 11.4 Å². The zero-order valence-electron chi connectivity index (χ0n) is 19.3. The van der Waals surface area contributed by atoms with Gasteiger partial charge in [-0.15, -0.1) is 0 Å². The highest BCUT2D eigenvalue weighted by Crippen LogP contribution is 2.41. The minimum atomic E-state index is -0.561. The number of hydrogen-bond acceptors (Lipinski definition) is 7. The molecule has 10 nitrogen and oxygen atoms in total. The van der Waals surface area contributed by atoms with Crippen LogP contribution in [-0.4, -0.2) is 51.3 Å². The number of rotatable bonds is 8. The number of methoxy groups -OCH3 is 4. The maximum absolute atomic E-state index is 12.7. The summed E-state index contributed by atoms with van der Waals surface area (Å²) in [5.74, 6) is 1.21. The van der Waals surface area contributed by atoms with Crippen molar-refractivity contribution < 1.29 is 33.3 Å². The van der Waals surface area contributed by atoms with Gasteiger partial charge in [0.05, 0.1) is 40.1 Å². The van der Waals surface area contributed by atoms with Gasteiger partial charge >= 0.3 is 0 Å². The minimum Gasteiger partial charge on any atom is -0.496 e. The van der Waals surface area contributed by atoms with Crippen molar-refractivity contribution in [2.45, 2.75) is 20.0 Å². The number of carbonyl (C=O) groups is 2. The molecule has 0 saturated heterocycles. The Morgan fingerprint density at radius 3 is 2.06 bits per heavy atom. The first-order valence-corrected chi connectivity index (χ1v) is 10.1. The molecule has 0 saturated carbocycles. The quantitative estimate of drug-likeness (QED) is 0.445. The van der Waals surface area contributed by atoms with Crippen molar-refractivity contribution in [1.29, 1.82) is 0 Å². The predicted octanol–water partition coefficient (Wildman–Crippen LogP) is 3.06. The van der Waals surface area contributed by atoms with Gasteiger partial charge in [0.2, 0.25) is 0 Å². The highest BCUT2D eigenvalue weighted by molar-refractivity contribution is 6.03. The summed E-state index contributed by atoms with van der Waals surface area (Å²) in [4.78, 5) is 28.2. The van der Waals surface area contributed by atoms with Crippen molar-refractivity contribution in [3.8, 4) is 28.7 Å². The van der Waals surface area contributed by atoms with E-state index in [1.54, 1.807) is 24.3 Å². The maximum Gasteiger partial charge on any atom is 0.286 e. The monoisotopic (exact) mass is 457 g/mol. The van der Waals surface area contributed by atoms with Crippen molar-refractivity contribution >= 4 is 22.7 Å². The molecule has 0 aliphatic carbocycles. The van der Waals surface area contributed by atoms with Crippen LogP contribution >= 0.6 is 0 Å².